The molecule has 23 heavy (non-hydrogen) atoms. The Hall–Kier alpha value is -1.77. The molecule has 0 aliphatic carbocycles. The molecule has 0 aliphatic heterocycles. The highest BCUT2D eigenvalue weighted by Crippen LogP contribution is 2.10. The van der Waals surface area contributed by atoms with Gasteiger partial charge in [0.25, 0.3) is 0 Å². The van der Waals surface area contributed by atoms with Crippen LogP contribution in [-0.4, -0.2) is 16.2 Å². The van der Waals surface area contributed by atoms with E-state index in [-0.39, 0.29) is 5.76 Å². The number of rotatable bonds is 14. The molecule has 0 radical (unpaired) electrons. The monoisotopic (exact) mass is 320 g/mol. The van der Waals surface area contributed by atoms with E-state index in [4.69, 9.17) is 10.2 Å². The van der Waals surface area contributed by atoms with E-state index in [0.29, 0.717) is 0 Å². The molecule has 2 N–H and O–H groups in total. The quantitative estimate of drug-likeness (QED) is 0.176. The first-order valence-electron chi connectivity index (χ1n) is 8.80. The molecular weight excluding hydrogens is 288 g/mol. The smallest absolute Gasteiger partial charge is 0.332 e. The summed E-state index contributed by atoms with van der Waals surface area (Å²) in [5.41, 5.74) is 0. The second-order valence-corrected chi connectivity index (χ2v) is 5.70. The van der Waals surface area contributed by atoms with Gasteiger partial charge in [-0.05, 0) is 18.9 Å². The summed E-state index contributed by atoms with van der Waals surface area (Å²) >= 11 is 0. The lowest BCUT2D eigenvalue weighted by Gasteiger charge is -2.00. The summed E-state index contributed by atoms with van der Waals surface area (Å²) in [5.74, 6) is -1.42. The van der Waals surface area contributed by atoms with E-state index in [9.17, 15) is 4.79 Å². The summed E-state index contributed by atoms with van der Waals surface area (Å²) in [7, 11) is 0. The number of aliphatic carboxylic acids is 1. The molecule has 0 unspecified atom stereocenters. The molecule has 0 aromatic carbocycles. The number of hydrogen-bond donors (Lipinski definition) is 2. The van der Waals surface area contributed by atoms with Crippen molar-refractivity contribution in [3.8, 4) is 0 Å². The highest BCUT2D eigenvalue weighted by Gasteiger charge is 1.91. The summed E-state index contributed by atoms with van der Waals surface area (Å²) in [5, 5.41) is 17.6. The first-order valence-corrected chi connectivity index (χ1v) is 8.80. The number of carboxylic acid groups (broad SMARTS) is 1. The molecule has 0 aromatic heterocycles. The molecule has 0 atom stereocenters. The lowest BCUT2D eigenvalue weighted by atomic mass is 10.1. The minimum atomic E-state index is -1.16. The zero-order valence-electron chi connectivity index (χ0n) is 14.4. The molecule has 3 heteroatoms. The second-order valence-electron chi connectivity index (χ2n) is 5.70. The number of unbranched alkanes of at least 4 members (excludes halogenated alkanes) is 9. The van der Waals surface area contributed by atoms with E-state index in [1.165, 1.54) is 63.9 Å². The summed E-state index contributed by atoms with van der Waals surface area (Å²) in [6, 6.07) is 0. The minimum absolute atomic E-state index is 0.263. The average Bonchev–Trinajstić information content (AvgIpc) is 2.50. The van der Waals surface area contributed by atoms with Crippen LogP contribution in [0.4, 0.5) is 0 Å². The third-order valence-corrected chi connectivity index (χ3v) is 3.48. The summed E-state index contributed by atoms with van der Waals surface area (Å²) < 4.78 is 0. The average molecular weight is 320 g/mol. The molecule has 3 nitrogen and oxygen atoms in total. The van der Waals surface area contributed by atoms with Crippen molar-refractivity contribution in [2.75, 3.05) is 0 Å². The van der Waals surface area contributed by atoms with Crippen LogP contribution in [0, 0.1) is 0 Å². The molecule has 0 heterocycles. The van der Waals surface area contributed by atoms with Crippen LogP contribution in [0.2, 0.25) is 0 Å². The van der Waals surface area contributed by atoms with Crippen LogP contribution in [0.3, 0.4) is 0 Å². The zero-order chi connectivity index (χ0) is 17.2. The number of carbonyl (C=O) groups is 1. The van der Waals surface area contributed by atoms with Crippen LogP contribution >= 0.6 is 0 Å². The maximum absolute atomic E-state index is 10.3. The van der Waals surface area contributed by atoms with Gasteiger partial charge in [-0.2, -0.15) is 0 Å². The van der Waals surface area contributed by atoms with Gasteiger partial charge in [0.2, 0.25) is 0 Å². The fourth-order valence-corrected chi connectivity index (χ4v) is 2.20. The van der Waals surface area contributed by atoms with Crippen LogP contribution in [0.5, 0.6) is 0 Å². The fourth-order valence-electron chi connectivity index (χ4n) is 2.20. The Kier molecular flexibility index (Phi) is 15.3. The van der Waals surface area contributed by atoms with Crippen LogP contribution in [0.25, 0.3) is 0 Å². The normalized spacial score (nSPS) is 12.8. The summed E-state index contributed by atoms with van der Waals surface area (Å²) in [6.07, 6.45) is 24.7. The Morgan fingerprint density at radius 2 is 1.35 bits per heavy atom. The first-order chi connectivity index (χ1) is 11.2. The van der Waals surface area contributed by atoms with Crippen molar-refractivity contribution in [2.45, 2.75) is 71.1 Å². The predicted octanol–water partition coefficient (Wildman–Crippen LogP) is 6.10. The van der Waals surface area contributed by atoms with Crippen molar-refractivity contribution in [1.82, 2.24) is 0 Å². The van der Waals surface area contributed by atoms with Crippen LogP contribution in [0.15, 0.2) is 48.3 Å². The summed E-state index contributed by atoms with van der Waals surface area (Å²) in [6.45, 7) is 2.25. The summed E-state index contributed by atoms with van der Waals surface area (Å²) in [4.78, 5) is 10.3. The van der Waals surface area contributed by atoms with Gasteiger partial charge in [-0.3, -0.25) is 0 Å². The Morgan fingerprint density at radius 3 is 1.96 bits per heavy atom. The van der Waals surface area contributed by atoms with Crippen molar-refractivity contribution in [3.05, 3.63) is 48.3 Å². The molecule has 130 valence electrons. The van der Waals surface area contributed by atoms with Crippen molar-refractivity contribution in [1.29, 1.82) is 0 Å². The number of carboxylic acids is 1. The maximum Gasteiger partial charge on any atom is 0.332 e. The Labute approximate surface area is 141 Å². The van der Waals surface area contributed by atoms with Gasteiger partial charge >= 0.3 is 5.97 Å². The molecule has 0 rings (SSSR count). The topological polar surface area (TPSA) is 57.5 Å². The fraction of sp³-hybridized carbons (Fsp3) is 0.550. The zero-order valence-corrected chi connectivity index (χ0v) is 14.4. The van der Waals surface area contributed by atoms with Crippen LogP contribution < -0.4 is 0 Å². The Bertz CT molecular complexity index is 403. The molecule has 0 bridgehead atoms. The van der Waals surface area contributed by atoms with Gasteiger partial charge in [0.15, 0.2) is 0 Å². The van der Waals surface area contributed by atoms with Gasteiger partial charge in [-0.25, -0.2) is 4.79 Å². The Balaban J connectivity index is 3.49. The molecule has 0 fully saturated rings. The van der Waals surface area contributed by atoms with Gasteiger partial charge < -0.3 is 10.2 Å². The molecule has 0 saturated heterocycles. The highest BCUT2D eigenvalue weighted by molar-refractivity contribution is 5.80. The predicted molar refractivity (Wildman–Crippen MR) is 97.6 cm³/mol. The van der Waals surface area contributed by atoms with E-state index in [2.05, 4.69) is 13.0 Å². The van der Waals surface area contributed by atoms with Gasteiger partial charge in [-0.15, -0.1) is 0 Å². The largest absolute Gasteiger partial charge is 0.508 e. The standard InChI is InChI=1S/C20H32O3/c1-2-3-4-5-6-7-8-9-10-11-12-13-14-15-16-17-19(21)18-20(22)23/h12-18,21H,2-11H2,1H3,(H,22,23). The lowest BCUT2D eigenvalue weighted by molar-refractivity contribution is -0.131. The third kappa shape index (κ3) is 18.2. The van der Waals surface area contributed by atoms with E-state index in [1.54, 1.807) is 12.2 Å². The molecular formula is C20H32O3. The van der Waals surface area contributed by atoms with E-state index >= 15 is 0 Å². The third-order valence-electron chi connectivity index (χ3n) is 3.48. The second kappa shape index (κ2) is 16.6. The highest BCUT2D eigenvalue weighted by atomic mass is 16.4. The van der Waals surface area contributed by atoms with Crippen molar-refractivity contribution in [3.63, 3.8) is 0 Å². The number of hydrogen-bond acceptors (Lipinski definition) is 2. The lowest BCUT2D eigenvalue weighted by Crippen LogP contribution is -1.89. The van der Waals surface area contributed by atoms with E-state index in [0.717, 1.165) is 12.5 Å². The number of aliphatic hydroxyl groups is 1. The SMILES string of the molecule is CCCCCCCCCCCC=CC=CC=CC(O)=CC(=O)O. The van der Waals surface area contributed by atoms with Gasteiger partial charge in [0.05, 0.1) is 6.08 Å². The van der Waals surface area contributed by atoms with Crippen molar-refractivity contribution in [2.24, 2.45) is 0 Å². The van der Waals surface area contributed by atoms with Gasteiger partial charge in [0.1, 0.15) is 5.76 Å². The molecule has 0 amide bonds. The van der Waals surface area contributed by atoms with E-state index < -0.39 is 5.97 Å². The van der Waals surface area contributed by atoms with Crippen LogP contribution in [0.1, 0.15) is 71.1 Å². The first kappa shape index (κ1) is 21.2. The molecule has 0 spiro atoms. The van der Waals surface area contributed by atoms with Crippen molar-refractivity contribution >= 4 is 5.97 Å². The van der Waals surface area contributed by atoms with E-state index in [1.807, 2.05) is 12.2 Å². The minimum Gasteiger partial charge on any atom is -0.508 e. The van der Waals surface area contributed by atoms with Gasteiger partial charge in [0, 0.05) is 0 Å². The molecule has 0 aliphatic rings. The van der Waals surface area contributed by atoms with Crippen molar-refractivity contribution < 1.29 is 15.0 Å². The maximum atomic E-state index is 10.3. The number of aliphatic hydroxyl groups excluding tert-OH is 1. The molecule has 0 aromatic rings. The number of allylic oxidation sites excluding steroid dienone is 6. The van der Waals surface area contributed by atoms with Crippen LogP contribution in [-0.2, 0) is 4.79 Å². The van der Waals surface area contributed by atoms with Gasteiger partial charge in [-0.1, -0.05) is 88.7 Å². The molecule has 0 saturated carbocycles. The Morgan fingerprint density at radius 1 is 0.783 bits per heavy atom.